The highest BCUT2D eigenvalue weighted by molar-refractivity contribution is 6.12. The zero-order valence-electron chi connectivity index (χ0n) is 26.0. The fourth-order valence-electron chi connectivity index (χ4n) is 5.87. The van der Waals surface area contributed by atoms with Crippen LogP contribution in [0, 0.1) is 20.2 Å². The smallest absolute Gasteiger partial charge is 0.269 e. The summed E-state index contributed by atoms with van der Waals surface area (Å²) >= 11 is 0. The van der Waals surface area contributed by atoms with Crippen molar-refractivity contribution in [2.45, 2.75) is 12.8 Å². The van der Waals surface area contributed by atoms with Crippen LogP contribution in [0.3, 0.4) is 0 Å². The summed E-state index contributed by atoms with van der Waals surface area (Å²) in [6.45, 7) is 0. The van der Waals surface area contributed by atoms with Crippen LogP contribution in [0.15, 0.2) is 109 Å². The van der Waals surface area contributed by atoms with Crippen LogP contribution in [0.1, 0.15) is 31.8 Å². The number of Topliss-reactive ketones (excluding diaryl/α,β-unsaturated/α-hetero) is 2. The number of ketones is 2. The van der Waals surface area contributed by atoms with E-state index in [4.69, 9.17) is 9.47 Å². The molecule has 0 saturated carbocycles. The average Bonchev–Trinajstić information content (AvgIpc) is 3.10. The number of ether oxygens (including phenoxy) is 2. The third-order valence-electron chi connectivity index (χ3n) is 8.32. The van der Waals surface area contributed by atoms with Crippen molar-refractivity contribution in [3.05, 3.63) is 152 Å². The first-order valence-corrected chi connectivity index (χ1v) is 14.9. The Bertz CT molecular complexity index is 2080. The van der Waals surface area contributed by atoms with Gasteiger partial charge in [0.1, 0.15) is 11.5 Å². The summed E-state index contributed by atoms with van der Waals surface area (Å²) in [6, 6.07) is 30.2. The lowest BCUT2D eigenvalue weighted by Gasteiger charge is -2.18. The maximum Gasteiger partial charge on any atom is 0.269 e. The quantitative estimate of drug-likeness (QED) is 0.0782. The zero-order chi connectivity index (χ0) is 33.9. The summed E-state index contributed by atoms with van der Waals surface area (Å²) < 4.78 is 11.6. The predicted octanol–water partition coefficient (Wildman–Crippen LogP) is 8.34. The van der Waals surface area contributed by atoms with E-state index in [1.165, 1.54) is 24.3 Å². The average molecular weight is 641 g/mol. The van der Waals surface area contributed by atoms with Crippen LogP contribution in [0.25, 0.3) is 32.7 Å². The van der Waals surface area contributed by atoms with Gasteiger partial charge < -0.3 is 9.47 Å². The first kappa shape index (κ1) is 31.6. The second-order valence-electron chi connectivity index (χ2n) is 11.2. The normalized spacial score (nSPS) is 11.0. The highest BCUT2D eigenvalue weighted by Crippen LogP contribution is 2.45. The Balaban J connectivity index is 1.37. The SMILES string of the molecule is COc1ccc2cc(C(=O)Cc3ccc([N+](=O)[O-])cc3)ccc2c1-c1c(OC)ccc2cc(C(=O)Cc3ccc([N+](=O)[O-])cc3)ccc12. The molecule has 0 radical (unpaired) electrons. The number of carbonyl (C=O) groups is 2. The highest BCUT2D eigenvalue weighted by Gasteiger charge is 2.21. The van der Waals surface area contributed by atoms with Gasteiger partial charge in [-0.05, 0) is 56.9 Å². The van der Waals surface area contributed by atoms with E-state index in [-0.39, 0.29) is 35.8 Å². The lowest BCUT2D eigenvalue weighted by molar-refractivity contribution is -0.385. The number of non-ortho nitro benzene ring substituents is 2. The van der Waals surface area contributed by atoms with Gasteiger partial charge in [0.05, 0.1) is 24.1 Å². The molecule has 6 rings (SSSR count). The van der Waals surface area contributed by atoms with Crippen LogP contribution in [0.4, 0.5) is 11.4 Å². The minimum atomic E-state index is -0.477. The molecule has 0 heterocycles. The van der Waals surface area contributed by atoms with Crippen molar-refractivity contribution in [3.63, 3.8) is 0 Å². The van der Waals surface area contributed by atoms with Gasteiger partial charge in [-0.15, -0.1) is 0 Å². The Morgan fingerprint density at radius 2 is 0.917 bits per heavy atom. The Kier molecular flexibility index (Phi) is 8.63. The van der Waals surface area contributed by atoms with Gasteiger partial charge >= 0.3 is 0 Å². The molecule has 0 amide bonds. The Morgan fingerprint density at radius 1 is 0.542 bits per heavy atom. The zero-order valence-corrected chi connectivity index (χ0v) is 26.0. The van der Waals surface area contributed by atoms with Gasteiger partial charge in [0.15, 0.2) is 11.6 Å². The lowest BCUT2D eigenvalue weighted by atomic mass is 9.90. The topological polar surface area (TPSA) is 139 Å². The summed E-state index contributed by atoms with van der Waals surface area (Å²) in [5, 5.41) is 25.2. The second-order valence-corrected chi connectivity index (χ2v) is 11.2. The van der Waals surface area contributed by atoms with E-state index in [9.17, 15) is 29.8 Å². The maximum absolute atomic E-state index is 13.2. The van der Waals surface area contributed by atoms with E-state index in [1.54, 1.807) is 50.6 Å². The molecule has 0 spiro atoms. The van der Waals surface area contributed by atoms with E-state index in [2.05, 4.69) is 0 Å². The molecule has 0 aliphatic carbocycles. The molecule has 0 saturated heterocycles. The molecule has 0 atom stereocenters. The number of nitro groups is 2. The monoisotopic (exact) mass is 640 g/mol. The lowest BCUT2D eigenvalue weighted by Crippen LogP contribution is -2.04. The minimum Gasteiger partial charge on any atom is -0.496 e. The number of hydrogen-bond donors (Lipinski definition) is 0. The number of rotatable bonds is 11. The van der Waals surface area contributed by atoms with Crippen molar-refractivity contribution in [1.82, 2.24) is 0 Å². The van der Waals surface area contributed by atoms with Gasteiger partial charge in [0.25, 0.3) is 11.4 Å². The van der Waals surface area contributed by atoms with Crippen LogP contribution in [-0.4, -0.2) is 35.6 Å². The van der Waals surface area contributed by atoms with Gasteiger partial charge in [-0.25, -0.2) is 0 Å². The van der Waals surface area contributed by atoms with Crippen molar-refractivity contribution in [3.8, 4) is 22.6 Å². The summed E-state index contributed by atoms with van der Waals surface area (Å²) in [5.41, 5.74) is 3.80. The number of methoxy groups -OCH3 is 2. The molecule has 0 N–H and O–H groups in total. The molecule has 0 aliphatic heterocycles. The summed E-state index contributed by atoms with van der Waals surface area (Å²) in [5.74, 6) is 0.932. The van der Waals surface area contributed by atoms with Gasteiger partial charge in [-0.2, -0.15) is 0 Å². The Labute approximate surface area is 274 Å². The second kappa shape index (κ2) is 13.1. The van der Waals surface area contributed by atoms with Crippen LogP contribution in [0.5, 0.6) is 11.5 Å². The number of hydrogen-bond acceptors (Lipinski definition) is 8. The van der Waals surface area contributed by atoms with Crippen molar-refractivity contribution >= 4 is 44.5 Å². The molecular formula is C38H28N2O8. The van der Waals surface area contributed by atoms with Gasteiger partial charge in [0, 0.05) is 59.4 Å². The van der Waals surface area contributed by atoms with Crippen LogP contribution < -0.4 is 9.47 Å². The molecule has 6 aromatic rings. The van der Waals surface area contributed by atoms with Crippen molar-refractivity contribution in [2.24, 2.45) is 0 Å². The predicted molar refractivity (Wildman–Crippen MR) is 182 cm³/mol. The van der Waals surface area contributed by atoms with E-state index in [0.29, 0.717) is 33.8 Å². The maximum atomic E-state index is 13.2. The molecule has 0 aromatic heterocycles. The highest BCUT2D eigenvalue weighted by atomic mass is 16.6. The third kappa shape index (κ3) is 6.19. The largest absolute Gasteiger partial charge is 0.496 e. The van der Waals surface area contributed by atoms with Crippen molar-refractivity contribution in [1.29, 1.82) is 0 Å². The van der Waals surface area contributed by atoms with E-state index in [0.717, 1.165) is 32.7 Å². The van der Waals surface area contributed by atoms with E-state index < -0.39 is 9.85 Å². The van der Waals surface area contributed by atoms with Crippen LogP contribution in [0.2, 0.25) is 0 Å². The number of carbonyl (C=O) groups excluding carboxylic acids is 2. The number of nitro benzene ring substituents is 2. The van der Waals surface area contributed by atoms with Gasteiger partial charge in [-0.3, -0.25) is 29.8 Å². The Hall–Kier alpha value is -6.42. The summed E-state index contributed by atoms with van der Waals surface area (Å²) in [4.78, 5) is 47.5. The molecule has 6 aromatic carbocycles. The van der Waals surface area contributed by atoms with E-state index >= 15 is 0 Å². The van der Waals surface area contributed by atoms with Crippen molar-refractivity contribution in [2.75, 3.05) is 14.2 Å². The van der Waals surface area contributed by atoms with Gasteiger partial charge in [-0.1, -0.05) is 60.7 Å². The molecule has 0 unspecified atom stereocenters. The fraction of sp³-hybridized carbons (Fsp3) is 0.105. The van der Waals surface area contributed by atoms with Crippen molar-refractivity contribution < 1.29 is 28.9 Å². The molecule has 0 fully saturated rings. The summed E-state index contributed by atoms with van der Waals surface area (Å²) in [6.07, 6.45) is 0.184. The molecule has 0 aliphatic rings. The molecule has 48 heavy (non-hydrogen) atoms. The van der Waals surface area contributed by atoms with Crippen LogP contribution >= 0.6 is 0 Å². The number of fused-ring (bicyclic) bond motifs is 2. The first-order chi connectivity index (χ1) is 23.2. The number of benzene rings is 6. The van der Waals surface area contributed by atoms with Crippen LogP contribution in [-0.2, 0) is 12.8 Å². The Morgan fingerprint density at radius 3 is 1.25 bits per heavy atom. The first-order valence-electron chi connectivity index (χ1n) is 14.9. The molecule has 10 heteroatoms. The fourth-order valence-corrected chi connectivity index (χ4v) is 5.87. The number of nitrogens with zero attached hydrogens (tertiary/aromatic N) is 2. The van der Waals surface area contributed by atoms with E-state index in [1.807, 2.05) is 48.5 Å². The standard InChI is InChI=1S/C38H28N2O8/c1-47-35-17-9-25-21-27(33(41)19-23-3-11-29(12-4-23)39(43)44)7-15-31(25)37(35)38-32-16-8-28(22-26(32)10-18-36(38)48-2)34(42)20-24-5-13-30(14-6-24)40(45)46/h3-18,21-22H,19-20H2,1-2H3. The van der Waals surface area contributed by atoms with Gasteiger partial charge in [0.2, 0.25) is 0 Å². The minimum absolute atomic E-state index is 0.0349. The molecule has 0 bridgehead atoms. The summed E-state index contributed by atoms with van der Waals surface area (Å²) in [7, 11) is 3.17. The molecule has 238 valence electrons. The third-order valence-corrected chi connectivity index (χ3v) is 8.32. The molecular weight excluding hydrogens is 612 g/mol. The molecule has 10 nitrogen and oxygen atoms in total.